The molecule has 0 radical (unpaired) electrons. The molecule has 0 aromatic heterocycles. The topological polar surface area (TPSA) is 12.5 Å². The van der Waals surface area contributed by atoms with Gasteiger partial charge in [0.25, 0.3) is 0 Å². The van der Waals surface area contributed by atoms with Crippen LogP contribution in [0.5, 0.6) is 0 Å². The van der Waals surface area contributed by atoms with Crippen LogP contribution in [0.3, 0.4) is 0 Å². The van der Waals surface area contributed by atoms with Gasteiger partial charge in [-0.1, -0.05) is 12.1 Å². The van der Waals surface area contributed by atoms with Crippen molar-refractivity contribution in [3.05, 3.63) is 29.3 Å². The Morgan fingerprint density at radius 2 is 2.13 bits per heavy atom. The predicted octanol–water partition coefficient (Wildman–Crippen LogP) is 2.74. The molecule has 0 atom stereocenters. The molecular formula is C13H19NO. The lowest BCUT2D eigenvalue weighted by Crippen LogP contribution is -2.33. The van der Waals surface area contributed by atoms with Gasteiger partial charge in [0, 0.05) is 23.8 Å². The highest BCUT2D eigenvalue weighted by atomic mass is 16.5. The number of nitrogens with zero attached hydrogens (tertiary/aromatic N) is 1. The standard InChI is InChI=1S/C13H19NO/c1-10(2)14-7-8-15-9-12-11(3)5-4-6-13(12)14/h4-6,10H,7-9H2,1-3H3. The van der Waals surface area contributed by atoms with Crippen LogP contribution < -0.4 is 4.90 Å². The summed E-state index contributed by atoms with van der Waals surface area (Å²) in [5, 5.41) is 0. The van der Waals surface area contributed by atoms with Crippen molar-refractivity contribution in [1.29, 1.82) is 0 Å². The van der Waals surface area contributed by atoms with Crippen LogP contribution in [0.2, 0.25) is 0 Å². The van der Waals surface area contributed by atoms with E-state index in [1.54, 1.807) is 0 Å². The van der Waals surface area contributed by atoms with Gasteiger partial charge in [-0.3, -0.25) is 0 Å². The minimum Gasteiger partial charge on any atom is -0.375 e. The molecule has 0 unspecified atom stereocenters. The third-order valence-electron chi connectivity index (χ3n) is 3.04. The van der Waals surface area contributed by atoms with Crippen molar-refractivity contribution in [2.75, 3.05) is 18.1 Å². The summed E-state index contributed by atoms with van der Waals surface area (Å²) in [5.74, 6) is 0. The van der Waals surface area contributed by atoms with Crippen LogP contribution in [0.1, 0.15) is 25.0 Å². The second-order valence-corrected chi connectivity index (χ2v) is 4.41. The highest BCUT2D eigenvalue weighted by molar-refractivity contribution is 5.57. The largest absolute Gasteiger partial charge is 0.375 e. The Morgan fingerprint density at radius 3 is 2.87 bits per heavy atom. The van der Waals surface area contributed by atoms with Gasteiger partial charge >= 0.3 is 0 Å². The van der Waals surface area contributed by atoms with E-state index in [0.717, 1.165) is 19.8 Å². The van der Waals surface area contributed by atoms with Gasteiger partial charge in [-0.25, -0.2) is 0 Å². The third kappa shape index (κ3) is 2.00. The van der Waals surface area contributed by atoms with E-state index >= 15 is 0 Å². The minimum absolute atomic E-state index is 0.534. The van der Waals surface area contributed by atoms with E-state index in [2.05, 4.69) is 43.9 Å². The Labute approximate surface area is 91.9 Å². The molecule has 0 saturated carbocycles. The molecule has 1 aromatic carbocycles. The highest BCUT2D eigenvalue weighted by Gasteiger charge is 2.18. The highest BCUT2D eigenvalue weighted by Crippen LogP contribution is 2.28. The van der Waals surface area contributed by atoms with Gasteiger partial charge in [-0.05, 0) is 32.4 Å². The molecule has 1 aliphatic heterocycles. The number of fused-ring (bicyclic) bond motifs is 1. The van der Waals surface area contributed by atoms with Crippen molar-refractivity contribution in [3.8, 4) is 0 Å². The second kappa shape index (κ2) is 4.23. The van der Waals surface area contributed by atoms with Gasteiger partial charge in [0.1, 0.15) is 0 Å². The maximum atomic E-state index is 5.64. The van der Waals surface area contributed by atoms with E-state index in [0.29, 0.717) is 6.04 Å². The molecule has 0 bridgehead atoms. The lowest BCUT2D eigenvalue weighted by atomic mass is 10.1. The van der Waals surface area contributed by atoms with Crippen molar-refractivity contribution in [2.45, 2.75) is 33.4 Å². The van der Waals surface area contributed by atoms with E-state index in [1.807, 2.05) is 0 Å². The number of rotatable bonds is 1. The monoisotopic (exact) mass is 205 g/mol. The van der Waals surface area contributed by atoms with E-state index in [4.69, 9.17) is 4.74 Å². The molecule has 15 heavy (non-hydrogen) atoms. The molecule has 0 spiro atoms. The van der Waals surface area contributed by atoms with Gasteiger partial charge in [-0.2, -0.15) is 0 Å². The van der Waals surface area contributed by atoms with Crippen LogP contribution >= 0.6 is 0 Å². The SMILES string of the molecule is Cc1cccc2c1COCCN2C(C)C. The summed E-state index contributed by atoms with van der Waals surface area (Å²) in [7, 11) is 0. The summed E-state index contributed by atoms with van der Waals surface area (Å²) in [4.78, 5) is 2.43. The molecular weight excluding hydrogens is 186 g/mol. The van der Waals surface area contributed by atoms with E-state index < -0.39 is 0 Å². The number of hydrogen-bond donors (Lipinski definition) is 0. The van der Waals surface area contributed by atoms with E-state index in [1.165, 1.54) is 16.8 Å². The maximum Gasteiger partial charge on any atom is 0.0740 e. The number of aryl methyl sites for hydroxylation is 1. The minimum atomic E-state index is 0.534. The fourth-order valence-electron chi connectivity index (χ4n) is 2.14. The first-order chi connectivity index (χ1) is 7.20. The summed E-state index contributed by atoms with van der Waals surface area (Å²) >= 11 is 0. The molecule has 0 N–H and O–H groups in total. The van der Waals surface area contributed by atoms with Gasteiger partial charge in [0.2, 0.25) is 0 Å². The van der Waals surface area contributed by atoms with Crippen molar-refractivity contribution >= 4 is 5.69 Å². The van der Waals surface area contributed by atoms with Crippen LogP contribution in [0, 0.1) is 6.92 Å². The van der Waals surface area contributed by atoms with Crippen LogP contribution in [-0.2, 0) is 11.3 Å². The Balaban J connectivity index is 2.45. The fourth-order valence-corrected chi connectivity index (χ4v) is 2.14. The van der Waals surface area contributed by atoms with Gasteiger partial charge in [-0.15, -0.1) is 0 Å². The molecule has 1 aliphatic rings. The molecule has 2 nitrogen and oxygen atoms in total. The zero-order valence-corrected chi connectivity index (χ0v) is 9.79. The predicted molar refractivity (Wildman–Crippen MR) is 63.3 cm³/mol. The van der Waals surface area contributed by atoms with Crippen LogP contribution in [0.4, 0.5) is 5.69 Å². The quantitative estimate of drug-likeness (QED) is 0.699. The summed E-state index contributed by atoms with van der Waals surface area (Å²) < 4.78 is 5.64. The maximum absolute atomic E-state index is 5.64. The van der Waals surface area contributed by atoms with Gasteiger partial charge < -0.3 is 9.64 Å². The first-order valence-electron chi connectivity index (χ1n) is 5.63. The number of benzene rings is 1. The lowest BCUT2D eigenvalue weighted by Gasteiger charge is -2.28. The molecule has 0 fully saturated rings. The van der Waals surface area contributed by atoms with Crippen molar-refractivity contribution in [3.63, 3.8) is 0 Å². The average Bonchev–Trinajstić information content (AvgIpc) is 2.40. The summed E-state index contributed by atoms with van der Waals surface area (Å²) in [6.45, 7) is 9.20. The number of hydrogen-bond acceptors (Lipinski definition) is 2. The fraction of sp³-hybridized carbons (Fsp3) is 0.538. The van der Waals surface area contributed by atoms with Gasteiger partial charge in [0.05, 0.1) is 13.2 Å². The van der Waals surface area contributed by atoms with Crippen LogP contribution in [0.25, 0.3) is 0 Å². The molecule has 1 heterocycles. The number of anilines is 1. The first-order valence-corrected chi connectivity index (χ1v) is 5.63. The van der Waals surface area contributed by atoms with Crippen molar-refractivity contribution in [2.24, 2.45) is 0 Å². The molecule has 0 saturated heterocycles. The molecule has 1 aromatic rings. The zero-order chi connectivity index (χ0) is 10.8. The Hall–Kier alpha value is -1.02. The third-order valence-corrected chi connectivity index (χ3v) is 3.04. The lowest BCUT2D eigenvalue weighted by molar-refractivity contribution is 0.131. The van der Waals surface area contributed by atoms with Crippen LogP contribution in [0.15, 0.2) is 18.2 Å². The molecule has 2 rings (SSSR count). The van der Waals surface area contributed by atoms with Crippen LogP contribution in [-0.4, -0.2) is 19.2 Å². The summed E-state index contributed by atoms with van der Waals surface area (Å²) in [6.07, 6.45) is 0. The van der Waals surface area contributed by atoms with Crippen molar-refractivity contribution < 1.29 is 4.74 Å². The smallest absolute Gasteiger partial charge is 0.0740 e. The summed E-state index contributed by atoms with van der Waals surface area (Å²) in [5.41, 5.74) is 4.03. The Morgan fingerprint density at radius 1 is 1.33 bits per heavy atom. The molecule has 82 valence electrons. The Kier molecular flexibility index (Phi) is 2.96. The molecule has 0 aliphatic carbocycles. The zero-order valence-electron chi connectivity index (χ0n) is 9.79. The summed E-state index contributed by atoms with van der Waals surface area (Å²) in [6, 6.07) is 7.03. The molecule has 0 amide bonds. The molecule has 2 heteroatoms. The average molecular weight is 205 g/mol. The first kappa shape index (κ1) is 10.5. The normalized spacial score (nSPS) is 16.4. The van der Waals surface area contributed by atoms with E-state index in [-0.39, 0.29) is 0 Å². The second-order valence-electron chi connectivity index (χ2n) is 4.41. The van der Waals surface area contributed by atoms with Crippen molar-refractivity contribution in [1.82, 2.24) is 0 Å². The van der Waals surface area contributed by atoms with Gasteiger partial charge in [0.15, 0.2) is 0 Å². The Bertz CT molecular complexity index is 346. The number of ether oxygens (including phenoxy) is 1. The van der Waals surface area contributed by atoms with E-state index in [9.17, 15) is 0 Å².